The molecule has 2 aliphatic rings. The first-order valence-electron chi connectivity index (χ1n) is 9.96. The molecule has 10 nitrogen and oxygen atoms in total. The van der Waals surface area contributed by atoms with Crippen LogP contribution in [0.25, 0.3) is 0 Å². The summed E-state index contributed by atoms with van der Waals surface area (Å²) in [5.41, 5.74) is 0.0328. The van der Waals surface area contributed by atoms with Crippen LogP contribution in [-0.2, 0) is 19.0 Å². The highest BCUT2D eigenvalue weighted by molar-refractivity contribution is 5.91. The summed E-state index contributed by atoms with van der Waals surface area (Å²) in [6.45, 7) is 5.09. The molecule has 3 rings (SSSR count). The van der Waals surface area contributed by atoms with Gasteiger partial charge in [0.15, 0.2) is 0 Å². The fourth-order valence-corrected chi connectivity index (χ4v) is 3.37. The molecule has 13 heteroatoms. The molecule has 2 fully saturated rings. The van der Waals surface area contributed by atoms with Gasteiger partial charge in [0.2, 0.25) is 0 Å². The van der Waals surface area contributed by atoms with E-state index < -0.39 is 12.1 Å². The molecule has 0 saturated carbocycles. The van der Waals surface area contributed by atoms with E-state index in [1.807, 2.05) is 0 Å². The normalized spacial score (nSPS) is 23.8. The van der Waals surface area contributed by atoms with E-state index >= 15 is 0 Å². The summed E-state index contributed by atoms with van der Waals surface area (Å²) in [4.78, 5) is 31.2. The van der Waals surface area contributed by atoms with Gasteiger partial charge in [-0.1, -0.05) is 0 Å². The molecule has 0 aliphatic carbocycles. The molecule has 2 aliphatic heterocycles. The zero-order valence-corrected chi connectivity index (χ0v) is 17.6. The molecule has 32 heavy (non-hydrogen) atoms. The summed E-state index contributed by atoms with van der Waals surface area (Å²) in [7, 11) is 1.71. The molecule has 180 valence electrons. The Balaban J connectivity index is 0.000000451. The number of ether oxygens (including phenoxy) is 3. The Kier molecular flexibility index (Phi) is 9.75. The number of hydrogen-bond acceptors (Lipinski definition) is 8. The van der Waals surface area contributed by atoms with E-state index in [0.29, 0.717) is 32.1 Å². The Morgan fingerprint density at radius 3 is 2.78 bits per heavy atom. The lowest BCUT2D eigenvalue weighted by Crippen LogP contribution is -2.46. The first-order valence-corrected chi connectivity index (χ1v) is 9.96. The van der Waals surface area contributed by atoms with Crippen molar-refractivity contribution >= 4 is 11.9 Å². The van der Waals surface area contributed by atoms with E-state index in [1.165, 1.54) is 12.4 Å². The quantitative estimate of drug-likeness (QED) is 0.627. The summed E-state index contributed by atoms with van der Waals surface area (Å²) < 4.78 is 49.0. The molecule has 1 aromatic rings. The third-order valence-electron chi connectivity index (χ3n) is 4.91. The fourth-order valence-electron chi connectivity index (χ4n) is 3.37. The summed E-state index contributed by atoms with van der Waals surface area (Å²) in [5, 5.41) is 10.0. The average Bonchev–Trinajstić information content (AvgIpc) is 3.04. The van der Waals surface area contributed by atoms with E-state index in [4.69, 9.17) is 24.1 Å². The summed E-state index contributed by atoms with van der Waals surface area (Å²) in [6.07, 6.45) is 1.26. The number of alkyl halides is 3. The second-order valence-corrected chi connectivity index (χ2v) is 7.39. The van der Waals surface area contributed by atoms with Crippen molar-refractivity contribution in [2.45, 2.75) is 30.7 Å². The highest BCUT2D eigenvalue weighted by atomic mass is 19.4. The van der Waals surface area contributed by atoms with Crippen LogP contribution in [0.1, 0.15) is 23.3 Å². The van der Waals surface area contributed by atoms with Crippen LogP contribution in [0.4, 0.5) is 13.2 Å². The topological polar surface area (TPSA) is 123 Å². The first kappa shape index (κ1) is 25.9. The fraction of sp³-hybridized carbons (Fsp3) is 0.684. The molecule has 1 spiro atoms. The molecule has 2 atom stereocenters. The van der Waals surface area contributed by atoms with Gasteiger partial charge in [0.1, 0.15) is 11.3 Å². The Labute approximate surface area is 183 Å². The number of aromatic nitrogens is 2. The number of hydrogen-bond donors (Lipinski definition) is 2. The van der Waals surface area contributed by atoms with Crippen LogP contribution in [0.15, 0.2) is 18.6 Å². The molecule has 1 aromatic heterocycles. The maximum atomic E-state index is 12.1. The minimum Gasteiger partial charge on any atom is -0.475 e. The predicted octanol–water partition coefficient (Wildman–Crippen LogP) is 0.736. The minimum absolute atomic E-state index is 0.00778. The standard InChI is InChI=1S/C17H26N4O4.C2HF3O2/c1-23-8-6-21-7-9-24-13-17(12-21)3-2-14(25-17)10-20-16(22)15-11-18-4-5-19-15;3-2(4,5)1(6)7/h4-5,11,14H,2-3,6-10,12-13H2,1H3,(H,20,22);(H,6,7). The van der Waals surface area contributed by atoms with E-state index in [0.717, 1.165) is 32.5 Å². The van der Waals surface area contributed by atoms with Crippen molar-refractivity contribution in [2.75, 3.05) is 53.1 Å². The largest absolute Gasteiger partial charge is 0.490 e. The van der Waals surface area contributed by atoms with Crippen LogP contribution >= 0.6 is 0 Å². The second kappa shape index (κ2) is 12.0. The zero-order chi connectivity index (χ0) is 23.6. The first-order chi connectivity index (χ1) is 15.1. The van der Waals surface area contributed by atoms with Crippen LogP contribution in [-0.4, -0.2) is 103 Å². The summed E-state index contributed by atoms with van der Waals surface area (Å²) >= 11 is 0. The van der Waals surface area contributed by atoms with E-state index in [2.05, 4.69) is 20.2 Å². The van der Waals surface area contributed by atoms with Gasteiger partial charge in [-0.05, 0) is 12.8 Å². The lowest BCUT2D eigenvalue weighted by atomic mass is 10.00. The number of halogens is 3. The van der Waals surface area contributed by atoms with Crippen molar-refractivity contribution < 1.29 is 42.1 Å². The predicted molar refractivity (Wildman–Crippen MR) is 104 cm³/mol. The summed E-state index contributed by atoms with van der Waals surface area (Å²) in [6, 6.07) is 0. The lowest BCUT2D eigenvalue weighted by molar-refractivity contribution is -0.192. The molecule has 1 amide bonds. The molecular formula is C19H27F3N4O6. The van der Waals surface area contributed by atoms with Crippen LogP contribution in [0.2, 0.25) is 0 Å². The number of nitrogens with one attached hydrogen (secondary N) is 1. The number of aliphatic carboxylic acids is 1. The molecule has 2 N–H and O–H groups in total. The molecule has 0 bridgehead atoms. The third-order valence-corrected chi connectivity index (χ3v) is 4.91. The summed E-state index contributed by atoms with van der Waals surface area (Å²) in [5.74, 6) is -2.98. The highest BCUT2D eigenvalue weighted by Gasteiger charge is 2.43. The zero-order valence-electron chi connectivity index (χ0n) is 17.6. The number of methoxy groups -OCH3 is 1. The van der Waals surface area contributed by atoms with Gasteiger partial charge in [0.05, 0.1) is 32.1 Å². The molecule has 2 unspecified atom stereocenters. The molecule has 0 radical (unpaired) electrons. The van der Waals surface area contributed by atoms with Gasteiger partial charge in [0.25, 0.3) is 5.91 Å². The van der Waals surface area contributed by atoms with E-state index in [-0.39, 0.29) is 17.6 Å². The molecule has 3 heterocycles. The van der Waals surface area contributed by atoms with Crippen molar-refractivity contribution in [1.82, 2.24) is 20.2 Å². The Morgan fingerprint density at radius 1 is 1.41 bits per heavy atom. The number of nitrogens with zero attached hydrogens (tertiary/aromatic N) is 3. The van der Waals surface area contributed by atoms with Crippen molar-refractivity contribution in [1.29, 1.82) is 0 Å². The van der Waals surface area contributed by atoms with Crippen LogP contribution < -0.4 is 5.32 Å². The lowest BCUT2D eigenvalue weighted by Gasteiger charge is -2.31. The maximum absolute atomic E-state index is 12.1. The third kappa shape index (κ3) is 8.30. The SMILES string of the molecule is COCCN1CCOCC2(CCC(CNC(=O)c3cnccn3)O2)C1.O=C(O)C(F)(F)F. The Hall–Kier alpha value is -2.35. The number of rotatable bonds is 6. The van der Waals surface area contributed by atoms with Gasteiger partial charge in [0, 0.05) is 45.7 Å². The number of carbonyl (C=O) groups excluding carboxylic acids is 1. The van der Waals surface area contributed by atoms with E-state index in [9.17, 15) is 18.0 Å². The number of carboxylic acids is 1. The van der Waals surface area contributed by atoms with Crippen molar-refractivity contribution in [2.24, 2.45) is 0 Å². The number of amides is 1. The van der Waals surface area contributed by atoms with Crippen LogP contribution in [0.3, 0.4) is 0 Å². The van der Waals surface area contributed by atoms with Gasteiger partial charge in [-0.2, -0.15) is 13.2 Å². The van der Waals surface area contributed by atoms with Gasteiger partial charge in [-0.3, -0.25) is 14.7 Å². The van der Waals surface area contributed by atoms with Crippen molar-refractivity contribution in [3.05, 3.63) is 24.3 Å². The number of carboxylic acid groups (broad SMARTS) is 1. The van der Waals surface area contributed by atoms with Crippen molar-refractivity contribution in [3.63, 3.8) is 0 Å². The minimum atomic E-state index is -5.08. The monoisotopic (exact) mass is 464 g/mol. The molecular weight excluding hydrogens is 437 g/mol. The van der Waals surface area contributed by atoms with E-state index in [1.54, 1.807) is 13.3 Å². The molecule has 2 saturated heterocycles. The second-order valence-electron chi connectivity index (χ2n) is 7.39. The van der Waals surface area contributed by atoms with Crippen molar-refractivity contribution in [3.8, 4) is 0 Å². The van der Waals surface area contributed by atoms with Crippen LogP contribution in [0.5, 0.6) is 0 Å². The van der Waals surface area contributed by atoms with Gasteiger partial charge in [-0.25, -0.2) is 9.78 Å². The average molecular weight is 464 g/mol. The molecule has 0 aromatic carbocycles. The Bertz CT molecular complexity index is 740. The van der Waals surface area contributed by atoms with Crippen LogP contribution in [0, 0.1) is 0 Å². The van der Waals surface area contributed by atoms with Gasteiger partial charge < -0.3 is 24.6 Å². The highest BCUT2D eigenvalue weighted by Crippen LogP contribution is 2.32. The maximum Gasteiger partial charge on any atom is 0.490 e. The number of carbonyl (C=O) groups is 2. The van der Waals surface area contributed by atoms with Gasteiger partial charge in [-0.15, -0.1) is 0 Å². The van der Waals surface area contributed by atoms with Gasteiger partial charge >= 0.3 is 12.1 Å². The Morgan fingerprint density at radius 2 is 2.16 bits per heavy atom. The smallest absolute Gasteiger partial charge is 0.475 e.